The number of rotatable bonds is 8. The van der Waals surface area contributed by atoms with E-state index in [0.717, 1.165) is 22.9 Å². The molecule has 0 radical (unpaired) electrons. The van der Waals surface area contributed by atoms with Crippen LogP contribution in [0.1, 0.15) is 23.1 Å². The van der Waals surface area contributed by atoms with Crippen molar-refractivity contribution in [3.63, 3.8) is 0 Å². The standard InChI is InChI=1S/C22H25NO4S.ClH/c1-23-15-18-8-3-2-6-16(18)10-12-19(24)14-21-20-9-5-4-7-17(20)11-13-22(21)28(25,26)27;/h2-9,11,13,19,23-24H,10,12,14-15H2,1H3,(H,25,26,27);1H. The number of nitrogens with one attached hydrogen (secondary N) is 1. The van der Waals surface area contributed by atoms with Crippen molar-refractivity contribution in [2.24, 2.45) is 0 Å². The highest BCUT2D eigenvalue weighted by Gasteiger charge is 2.20. The second-order valence-corrected chi connectivity index (χ2v) is 8.32. The molecule has 29 heavy (non-hydrogen) atoms. The van der Waals surface area contributed by atoms with Gasteiger partial charge in [0.25, 0.3) is 10.1 Å². The van der Waals surface area contributed by atoms with Crippen LogP contribution in [0.5, 0.6) is 0 Å². The fraction of sp³-hybridized carbons (Fsp3) is 0.273. The molecule has 0 saturated heterocycles. The average Bonchev–Trinajstić information content (AvgIpc) is 2.67. The molecule has 0 aliphatic carbocycles. The summed E-state index contributed by atoms with van der Waals surface area (Å²) in [6.45, 7) is 0.752. The maximum absolute atomic E-state index is 11.8. The minimum absolute atomic E-state index is 0. The molecule has 0 fully saturated rings. The minimum atomic E-state index is -4.37. The first-order valence-electron chi connectivity index (χ1n) is 9.27. The monoisotopic (exact) mass is 435 g/mol. The molecule has 5 nitrogen and oxygen atoms in total. The number of fused-ring (bicyclic) bond motifs is 1. The van der Waals surface area contributed by atoms with Crippen LogP contribution >= 0.6 is 12.4 Å². The Hall–Kier alpha value is -1.96. The first-order valence-corrected chi connectivity index (χ1v) is 10.7. The lowest BCUT2D eigenvalue weighted by Gasteiger charge is -2.16. The molecule has 3 aromatic rings. The van der Waals surface area contributed by atoms with E-state index >= 15 is 0 Å². The number of hydrogen-bond donors (Lipinski definition) is 3. The first-order chi connectivity index (χ1) is 13.4. The molecule has 1 atom stereocenters. The van der Waals surface area contributed by atoms with Crippen LogP contribution in [-0.2, 0) is 29.5 Å². The van der Waals surface area contributed by atoms with Crippen molar-refractivity contribution in [3.05, 3.63) is 77.4 Å². The average molecular weight is 436 g/mol. The largest absolute Gasteiger partial charge is 0.393 e. The lowest BCUT2D eigenvalue weighted by molar-refractivity contribution is 0.164. The van der Waals surface area contributed by atoms with Crippen LogP contribution in [0.3, 0.4) is 0 Å². The van der Waals surface area contributed by atoms with E-state index in [2.05, 4.69) is 11.4 Å². The van der Waals surface area contributed by atoms with E-state index in [9.17, 15) is 18.1 Å². The Labute approximate surface area is 177 Å². The van der Waals surface area contributed by atoms with Gasteiger partial charge in [0, 0.05) is 13.0 Å². The lowest BCUT2D eigenvalue weighted by Crippen LogP contribution is -2.16. The Morgan fingerprint density at radius 1 is 0.966 bits per heavy atom. The van der Waals surface area contributed by atoms with Crippen molar-refractivity contribution < 1.29 is 18.1 Å². The van der Waals surface area contributed by atoms with Crippen molar-refractivity contribution in [1.82, 2.24) is 5.32 Å². The zero-order valence-electron chi connectivity index (χ0n) is 16.2. The van der Waals surface area contributed by atoms with Gasteiger partial charge in [-0.25, -0.2) is 0 Å². The number of benzene rings is 3. The minimum Gasteiger partial charge on any atom is -0.393 e. The van der Waals surface area contributed by atoms with E-state index in [4.69, 9.17) is 0 Å². The van der Waals surface area contributed by atoms with Gasteiger partial charge in [0.05, 0.1) is 11.0 Å². The maximum atomic E-state index is 11.8. The molecule has 0 saturated carbocycles. The number of hydrogen-bond acceptors (Lipinski definition) is 4. The second kappa shape index (κ2) is 10.2. The van der Waals surface area contributed by atoms with E-state index in [1.807, 2.05) is 49.5 Å². The smallest absolute Gasteiger partial charge is 0.294 e. The molecule has 3 aromatic carbocycles. The molecular weight excluding hydrogens is 410 g/mol. The van der Waals surface area contributed by atoms with Crippen molar-refractivity contribution in [2.45, 2.75) is 36.8 Å². The number of aliphatic hydroxyl groups excluding tert-OH is 1. The van der Waals surface area contributed by atoms with Gasteiger partial charge in [-0.05, 0) is 53.4 Å². The van der Waals surface area contributed by atoms with Crippen LogP contribution in [0.15, 0.2) is 65.6 Å². The molecule has 0 aliphatic rings. The van der Waals surface area contributed by atoms with Crippen molar-refractivity contribution in [2.75, 3.05) is 7.05 Å². The van der Waals surface area contributed by atoms with Gasteiger partial charge in [-0.3, -0.25) is 4.55 Å². The predicted octanol–water partition coefficient (Wildman–Crippen LogP) is 3.76. The van der Waals surface area contributed by atoms with E-state index in [-0.39, 0.29) is 23.7 Å². The van der Waals surface area contributed by atoms with E-state index < -0.39 is 16.2 Å². The van der Waals surface area contributed by atoms with Gasteiger partial charge in [0.15, 0.2) is 0 Å². The zero-order chi connectivity index (χ0) is 20.1. The molecule has 7 heteroatoms. The van der Waals surface area contributed by atoms with E-state index in [1.165, 1.54) is 11.6 Å². The van der Waals surface area contributed by atoms with Gasteiger partial charge >= 0.3 is 0 Å². The molecule has 0 spiro atoms. The Morgan fingerprint density at radius 2 is 1.62 bits per heavy atom. The van der Waals surface area contributed by atoms with Crippen LogP contribution in [0.25, 0.3) is 10.8 Å². The van der Waals surface area contributed by atoms with Gasteiger partial charge in [-0.1, -0.05) is 54.6 Å². The highest BCUT2D eigenvalue weighted by Crippen LogP contribution is 2.28. The first kappa shape index (κ1) is 23.3. The van der Waals surface area contributed by atoms with Crippen molar-refractivity contribution >= 4 is 33.3 Å². The van der Waals surface area contributed by atoms with Gasteiger partial charge in [0.2, 0.25) is 0 Å². The highest BCUT2D eigenvalue weighted by atomic mass is 35.5. The number of aryl methyl sites for hydroxylation is 1. The summed E-state index contributed by atoms with van der Waals surface area (Å²) >= 11 is 0. The third-order valence-electron chi connectivity index (χ3n) is 4.95. The van der Waals surface area contributed by atoms with Crippen molar-refractivity contribution in [1.29, 1.82) is 0 Å². The summed E-state index contributed by atoms with van der Waals surface area (Å²) in [5.41, 5.74) is 2.79. The Balaban J connectivity index is 0.00000300. The molecular formula is C22H26ClNO4S. The van der Waals surface area contributed by atoms with Crippen LogP contribution in [0.2, 0.25) is 0 Å². The van der Waals surface area contributed by atoms with Crippen molar-refractivity contribution in [3.8, 4) is 0 Å². The molecule has 0 aromatic heterocycles. The molecule has 0 heterocycles. The van der Waals surface area contributed by atoms with Gasteiger partial charge < -0.3 is 10.4 Å². The predicted molar refractivity (Wildman–Crippen MR) is 118 cm³/mol. The molecule has 0 aliphatic heterocycles. The molecule has 1 unspecified atom stereocenters. The van der Waals surface area contributed by atoms with Gasteiger partial charge in [0.1, 0.15) is 0 Å². The topological polar surface area (TPSA) is 86.6 Å². The Bertz CT molecular complexity index is 1070. The summed E-state index contributed by atoms with van der Waals surface area (Å²) in [5, 5.41) is 15.4. The van der Waals surface area contributed by atoms with Crippen LogP contribution in [0.4, 0.5) is 0 Å². The van der Waals surface area contributed by atoms with Crippen LogP contribution in [-0.4, -0.2) is 31.2 Å². The molecule has 0 amide bonds. The zero-order valence-corrected chi connectivity index (χ0v) is 17.8. The lowest BCUT2D eigenvalue weighted by atomic mass is 9.95. The van der Waals surface area contributed by atoms with Crippen LogP contribution in [0, 0.1) is 0 Å². The fourth-order valence-corrected chi connectivity index (χ4v) is 4.34. The van der Waals surface area contributed by atoms with Gasteiger partial charge in [-0.2, -0.15) is 8.42 Å². The molecule has 156 valence electrons. The Morgan fingerprint density at radius 3 is 2.31 bits per heavy atom. The third-order valence-corrected chi connectivity index (χ3v) is 5.89. The summed E-state index contributed by atoms with van der Waals surface area (Å²) < 4.78 is 33.3. The van der Waals surface area contributed by atoms with Crippen LogP contribution < -0.4 is 5.32 Å². The maximum Gasteiger partial charge on any atom is 0.294 e. The Kier molecular flexibility index (Phi) is 8.19. The van der Waals surface area contributed by atoms with Gasteiger partial charge in [-0.15, -0.1) is 12.4 Å². The third kappa shape index (κ3) is 5.78. The SMILES string of the molecule is CNCc1ccccc1CCC(O)Cc1c(S(=O)(=O)O)ccc2ccccc12.Cl. The van der Waals surface area contributed by atoms with E-state index in [0.29, 0.717) is 18.4 Å². The summed E-state index contributed by atoms with van der Waals surface area (Å²) in [5.74, 6) is 0. The summed E-state index contributed by atoms with van der Waals surface area (Å²) in [7, 11) is -2.48. The summed E-state index contributed by atoms with van der Waals surface area (Å²) in [4.78, 5) is -0.138. The molecule has 3 rings (SSSR count). The summed E-state index contributed by atoms with van der Waals surface area (Å²) in [6.07, 6.45) is 0.610. The van der Waals surface area contributed by atoms with E-state index in [1.54, 1.807) is 6.07 Å². The fourth-order valence-electron chi connectivity index (χ4n) is 3.59. The molecule has 3 N–H and O–H groups in total. The number of aliphatic hydroxyl groups is 1. The highest BCUT2D eigenvalue weighted by molar-refractivity contribution is 7.85. The number of halogens is 1. The quantitative estimate of drug-likeness (QED) is 0.469. The normalized spacial score (nSPS) is 12.5. The summed E-state index contributed by atoms with van der Waals surface area (Å²) in [6, 6.07) is 18.5. The second-order valence-electron chi connectivity index (χ2n) is 6.93. The molecule has 0 bridgehead atoms.